The average Bonchev–Trinajstić information content (AvgIpc) is 2.37. The van der Waals surface area contributed by atoms with E-state index in [-0.39, 0.29) is 10.8 Å². The predicted molar refractivity (Wildman–Crippen MR) is 80.9 cm³/mol. The zero-order valence-corrected chi connectivity index (χ0v) is 12.9. The van der Waals surface area contributed by atoms with Crippen molar-refractivity contribution in [2.75, 3.05) is 37.6 Å². The molecule has 7 nitrogen and oxygen atoms in total. The molecule has 8 heteroatoms. The van der Waals surface area contributed by atoms with Crippen molar-refractivity contribution in [1.82, 2.24) is 9.88 Å². The number of rotatable bonds is 4. The minimum Gasteiger partial charge on any atom is -0.389 e. The van der Waals surface area contributed by atoms with Gasteiger partial charge in [0, 0.05) is 32.7 Å². The van der Waals surface area contributed by atoms with Crippen molar-refractivity contribution < 1.29 is 10.0 Å². The largest absolute Gasteiger partial charge is 0.389 e. The molecule has 1 fully saturated rings. The maximum Gasteiger partial charge on any atom is 0.276 e. The molecule has 1 N–H and O–H groups in total. The van der Waals surface area contributed by atoms with Crippen molar-refractivity contribution in [2.24, 2.45) is 0 Å². The molecule has 1 aliphatic rings. The summed E-state index contributed by atoms with van der Waals surface area (Å²) in [5.41, 5.74) is -0.779. The van der Waals surface area contributed by atoms with Crippen LogP contribution in [0.25, 0.3) is 0 Å². The van der Waals surface area contributed by atoms with Gasteiger partial charge in [-0.05, 0) is 13.8 Å². The lowest BCUT2D eigenvalue weighted by Gasteiger charge is -2.37. The molecular weight excluding hydrogens is 296 g/mol. The summed E-state index contributed by atoms with van der Waals surface area (Å²) in [6, 6.07) is 2.69. The Morgan fingerprint density at radius 3 is 2.52 bits per heavy atom. The monoisotopic (exact) mass is 314 g/mol. The molecular formula is C13H19ClN4O3. The summed E-state index contributed by atoms with van der Waals surface area (Å²) in [5, 5.41) is 20.8. The predicted octanol–water partition coefficient (Wildman–Crippen LogP) is 1.54. The zero-order valence-electron chi connectivity index (χ0n) is 12.1. The van der Waals surface area contributed by atoms with Gasteiger partial charge in [-0.2, -0.15) is 0 Å². The van der Waals surface area contributed by atoms with Crippen LogP contribution < -0.4 is 4.90 Å². The second-order valence-electron chi connectivity index (χ2n) is 5.84. The van der Waals surface area contributed by atoms with Gasteiger partial charge >= 0.3 is 0 Å². The molecule has 0 saturated carbocycles. The van der Waals surface area contributed by atoms with Crippen LogP contribution in [0.4, 0.5) is 11.5 Å². The number of aromatic nitrogens is 1. The van der Waals surface area contributed by atoms with E-state index in [1.54, 1.807) is 13.8 Å². The highest BCUT2D eigenvalue weighted by Crippen LogP contribution is 2.24. The first-order valence-electron chi connectivity index (χ1n) is 6.76. The Morgan fingerprint density at radius 1 is 1.38 bits per heavy atom. The molecule has 2 rings (SSSR count). The van der Waals surface area contributed by atoms with Gasteiger partial charge < -0.3 is 10.0 Å². The van der Waals surface area contributed by atoms with Gasteiger partial charge in [0.25, 0.3) is 5.69 Å². The van der Waals surface area contributed by atoms with Crippen LogP contribution in [0.15, 0.2) is 12.1 Å². The summed E-state index contributed by atoms with van der Waals surface area (Å²) in [6.45, 7) is 7.09. The van der Waals surface area contributed by atoms with Crippen LogP contribution in [0, 0.1) is 10.1 Å². The van der Waals surface area contributed by atoms with Crippen LogP contribution in [0.5, 0.6) is 0 Å². The Balaban J connectivity index is 2.04. The number of anilines is 1. The number of piperazine rings is 1. The van der Waals surface area contributed by atoms with Crippen LogP contribution in [0.2, 0.25) is 5.15 Å². The first kappa shape index (κ1) is 15.9. The van der Waals surface area contributed by atoms with Gasteiger partial charge in [-0.3, -0.25) is 15.0 Å². The fraction of sp³-hybridized carbons (Fsp3) is 0.615. The lowest BCUT2D eigenvalue weighted by molar-refractivity contribution is -0.384. The van der Waals surface area contributed by atoms with Gasteiger partial charge in [0.2, 0.25) is 0 Å². The van der Waals surface area contributed by atoms with Gasteiger partial charge in [-0.1, -0.05) is 11.6 Å². The van der Waals surface area contributed by atoms with Crippen LogP contribution >= 0.6 is 11.6 Å². The number of β-amino-alcohol motifs (C(OH)–C–C–N with tert-alkyl or cyclic N) is 1. The second-order valence-corrected chi connectivity index (χ2v) is 6.23. The van der Waals surface area contributed by atoms with E-state index in [0.29, 0.717) is 25.5 Å². The number of pyridine rings is 1. The van der Waals surface area contributed by atoms with E-state index >= 15 is 0 Å². The SMILES string of the molecule is CC(C)(O)CN1CCN(c2cc([N+](=O)[O-])cc(Cl)n2)CC1. The molecule has 0 unspecified atom stereocenters. The normalized spacial score (nSPS) is 17.0. The summed E-state index contributed by atoms with van der Waals surface area (Å²) < 4.78 is 0. The first-order valence-corrected chi connectivity index (χ1v) is 7.14. The molecule has 0 aliphatic carbocycles. The third-order valence-electron chi connectivity index (χ3n) is 3.28. The van der Waals surface area contributed by atoms with Gasteiger partial charge in [0.15, 0.2) is 0 Å². The van der Waals surface area contributed by atoms with Crippen LogP contribution in [0.1, 0.15) is 13.8 Å². The van der Waals surface area contributed by atoms with Crippen LogP contribution in [-0.2, 0) is 0 Å². The second kappa shape index (κ2) is 6.13. The fourth-order valence-corrected chi connectivity index (χ4v) is 2.62. The highest BCUT2D eigenvalue weighted by atomic mass is 35.5. The summed E-state index contributed by atoms with van der Waals surface area (Å²) >= 11 is 5.84. The highest BCUT2D eigenvalue weighted by molar-refractivity contribution is 6.29. The Morgan fingerprint density at radius 2 is 2.00 bits per heavy atom. The first-order chi connectivity index (χ1) is 9.74. The van der Waals surface area contributed by atoms with E-state index in [0.717, 1.165) is 13.1 Å². The molecule has 2 heterocycles. The van der Waals surface area contributed by atoms with Gasteiger partial charge in [-0.25, -0.2) is 4.98 Å². The number of hydrogen-bond acceptors (Lipinski definition) is 6. The highest BCUT2D eigenvalue weighted by Gasteiger charge is 2.24. The van der Waals surface area contributed by atoms with Gasteiger partial charge in [-0.15, -0.1) is 0 Å². The van der Waals surface area contributed by atoms with Gasteiger partial charge in [0.1, 0.15) is 11.0 Å². The Labute approximate surface area is 128 Å². The Bertz CT molecular complexity index is 525. The molecule has 1 aromatic heterocycles. The number of nitrogens with zero attached hydrogens (tertiary/aromatic N) is 4. The fourth-order valence-electron chi connectivity index (χ4n) is 2.42. The minimum absolute atomic E-state index is 0.0519. The summed E-state index contributed by atoms with van der Waals surface area (Å²) in [7, 11) is 0. The van der Waals surface area contributed by atoms with Crippen molar-refractivity contribution in [3.63, 3.8) is 0 Å². The lowest BCUT2D eigenvalue weighted by atomic mass is 10.1. The minimum atomic E-state index is -0.727. The van der Waals surface area contributed by atoms with E-state index in [1.807, 2.05) is 4.90 Å². The van der Waals surface area contributed by atoms with Crippen molar-refractivity contribution in [2.45, 2.75) is 19.4 Å². The van der Waals surface area contributed by atoms with E-state index in [1.165, 1.54) is 12.1 Å². The number of aliphatic hydroxyl groups is 1. The average molecular weight is 315 g/mol. The zero-order chi connectivity index (χ0) is 15.6. The molecule has 1 aromatic rings. The number of hydrogen-bond donors (Lipinski definition) is 1. The van der Waals surface area contributed by atoms with E-state index < -0.39 is 10.5 Å². The van der Waals surface area contributed by atoms with E-state index in [4.69, 9.17) is 11.6 Å². The Hall–Kier alpha value is -1.44. The molecule has 0 spiro atoms. The van der Waals surface area contributed by atoms with Crippen molar-refractivity contribution in [3.8, 4) is 0 Å². The third kappa shape index (κ3) is 4.52. The van der Waals surface area contributed by atoms with Gasteiger partial charge in [0.05, 0.1) is 22.7 Å². The molecule has 0 aromatic carbocycles. The lowest BCUT2D eigenvalue weighted by Crippen LogP contribution is -2.50. The van der Waals surface area contributed by atoms with E-state index in [2.05, 4.69) is 9.88 Å². The molecule has 1 aliphatic heterocycles. The van der Waals surface area contributed by atoms with Crippen LogP contribution in [-0.4, -0.2) is 58.2 Å². The molecule has 0 atom stereocenters. The van der Waals surface area contributed by atoms with Crippen molar-refractivity contribution >= 4 is 23.1 Å². The van der Waals surface area contributed by atoms with Crippen molar-refractivity contribution in [1.29, 1.82) is 0 Å². The summed E-state index contributed by atoms with van der Waals surface area (Å²) in [4.78, 5) is 18.7. The smallest absolute Gasteiger partial charge is 0.276 e. The molecule has 0 amide bonds. The molecule has 0 radical (unpaired) electrons. The van der Waals surface area contributed by atoms with Crippen LogP contribution in [0.3, 0.4) is 0 Å². The molecule has 1 saturated heterocycles. The summed E-state index contributed by atoms with van der Waals surface area (Å²) in [5.74, 6) is 0.525. The van der Waals surface area contributed by atoms with Crippen molar-refractivity contribution in [3.05, 3.63) is 27.4 Å². The van der Waals surface area contributed by atoms with E-state index in [9.17, 15) is 15.2 Å². The molecule has 21 heavy (non-hydrogen) atoms. The quantitative estimate of drug-likeness (QED) is 0.515. The third-order valence-corrected chi connectivity index (χ3v) is 3.48. The number of halogens is 1. The topological polar surface area (TPSA) is 82.7 Å². The Kier molecular flexibility index (Phi) is 4.65. The maximum atomic E-state index is 10.9. The molecule has 116 valence electrons. The number of nitro groups is 1. The molecule has 0 bridgehead atoms. The maximum absolute atomic E-state index is 10.9. The summed E-state index contributed by atoms with van der Waals surface area (Å²) in [6.07, 6.45) is 0. The standard InChI is InChI=1S/C13H19ClN4O3/c1-13(2,19)9-16-3-5-17(6-4-16)12-8-10(18(20)21)7-11(14)15-12/h7-8,19H,3-6,9H2,1-2H3.